The predicted molar refractivity (Wildman–Crippen MR) is 75.7 cm³/mol. The topological polar surface area (TPSA) is 62.0 Å². The Morgan fingerprint density at radius 1 is 1.11 bits per heavy atom. The summed E-state index contributed by atoms with van der Waals surface area (Å²) in [6.45, 7) is 5.94. The summed E-state index contributed by atoms with van der Waals surface area (Å²) in [7, 11) is 0. The van der Waals surface area contributed by atoms with Crippen molar-refractivity contribution in [2.24, 2.45) is 0 Å². The number of aromatic amines is 1. The lowest BCUT2D eigenvalue weighted by molar-refractivity contribution is 0.102. The van der Waals surface area contributed by atoms with E-state index < -0.39 is 0 Å². The number of aromatic nitrogens is 1. The highest BCUT2D eigenvalue weighted by atomic mass is 16.1. The van der Waals surface area contributed by atoms with E-state index in [1.165, 1.54) is 18.3 Å². The summed E-state index contributed by atoms with van der Waals surface area (Å²) in [5, 5.41) is 2.88. The fourth-order valence-corrected chi connectivity index (χ4v) is 2.11. The highest BCUT2D eigenvalue weighted by molar-refractivity contribution is 6.04. The molecule has 2 rings (SSSR count). The van der Waals surface area contributed by atoms with Gasteiger partial charge in [-0.3, -0.25) is 9.59 Å². The molecule has 0 unspecified atom stereocenters. The highest BCUT2D eigenvalue weighted by Gasteiger charge is 2.10. The molecule has 4 nitrogen and oxygen atoms in total. The van der Waals surface area contributed by atoms with Crippen LogP contribution in [0.15, 0.2) is 35.3 Å². The van der Waals surface area contributed by atoms with Crippen molar-refractivity contribution in [3.05, 3.63) is 63.1 Å². The fourth-order valence-electron chi connectivity index (χ4n) is 2.11. The zero-order chi connectivity index (χ0) is 14.0. The van der Waals surface area contributed by atoms with Crippen molar-refractivity contribution in [3.63, 3.8) is 0 Å². The summed E-state index contributed by atoms with van der Waals surface area (Å²) in [5.74, 6) is -0.230. The Morgan fingerprint density at radius 2 is 1.74 bits per heavy atom. The second-order valence-corrected chi connectivity index (χ2v) is 4.67. The van der Waals surface area contributed by atoms with Crippen LogP contribution in [0.3, 0.4) is 0 Å². The molecule has 0 aliphatic heterocycles. The van der Waals surface area contributed by atoms with Crippen molar-refractivity contribution in [2.45, 2.75) is 20.8 Å². The summed E-state index contributed by atoms with van der Waals surface area (Å²) in [5.41, 5.74) is 4.24. The van der Waals surface area contributed by atoms with Crippen LogP contribution < -0.4 is 10.9 Å². The van der Waals surface area contributed by atoms with Gasteiger partial charge in [-0.2, -0.15) is 0 Å². The molecule has 1 amide bonds. The molecule has 0 aliphatic rings. The number of carbonyl (C=O) groups excluding carboxylic acids is 1. The van der Waals surface area contributed by atoms with Gasteiger partial charge in [0.1, 0.15) is 0 Å². The molecule has 0 fully saturated rings. The molecule has 0 aliphatic carbocycles. The highest BCUT2D eigenvalue weighted by Crippen LogP contribution is 2.22. The van der Waals surface area contributed by atoms with Crippen LogP contribution in [0.1, 0.15) is 27.0 Å². The van der Waals surface area contributed by atoms with Gasteiger partial charge >= 0.3 is 0 Å². The molecule has 2 aromatic rings. The summed E-state index contributed by atoms with van der Waals surface area (Å²) >= 11 is 0. The zero-order valence-corrected chi connectivity index (χ0v) is 11.2. The molecule has 1 aromatic carbocycles. The van der Waals surface area contributed by atoms with Gasteiger partial charge in [0.05, 0.1) is 5.56 Å². The van der Waals surface area contributed by atoms with E-state index in [-0.39, 0.29) is 11.5 Å². The van der Waals surface area contributed by atoms with Crippen LogP contribution in [-0.4, -0.2) is 10.9 Å². The molecule has 0 spiro atoms. The van der Waals surface area contributed by atoms with E-state index in [4.69, 9.17) is 0 Å². The maximum atomic E-state index is 12.1. The van der Waals surface area contributed by atoms with Gasteiger partial charge in [-0.25, -0.2) is 0 Å². The third-order valence-corrected chi connectivity index (χ3v) is 2.96. The minimum Gasteiger partial charge on any atom is -0.328 e. The molecule has 1 aromatic heterocycles. The normalized spacial score (nSPS) is 10.3. The number of pyridine rings is 1. The number of nitrogens with one attached hydrogen (secondary N) is 2. The lowest BCUT2D eigenvalue weighted by atomic mass is 10.0. The average molecular weight is 256 g/mol. The molecule has 0 bridgehead atoms. The van der Waals surface area contributed by atoms with Crippen LogP contribution in [0.2, 0.25) is 0 Å². The predicted octanol–water partition coefficient (Wildman–Crippen LogP) is 2.55. The van der Waals surface area contributed by atoms with Gasteiger partial charge in [-0.05, 0) is 38.0 Å². The van der Waals surface area contributed by atoms with E-state index in [9.17, 15) is 9.59 Å². The molecular weight excluding hydrogens is 240 g/mol. The van der Waals surface area contributed by atoms with E-state index in [0.717, 1.165) is 22.4 Å². The van der Waals surface area contributed by atoms with E-state index >= 15 is 0 Å². The average Bonchev–Trinajstić information content (AvgIpc) is 2.34. The zero-order valence-electron chi connectivity index (χ0n) is 11.2. The minimum atomic E-state index is -0.230. The molecular formula is C15H16N2O2. The quantitative estimate of drug-likeness (QED) is 0.867. The maximum Gasteiger partial charge on any atom is 0.257 e. The Hall–Kier alpha value is -2.36. The Balaban J connectivity index is 2.29. The Kier molecular flexibility index (Phi) is 3.51. The molecule has 0 saturated carbocycles. The number of carbonyl (C=O) groups is 1. The van der Waals surface area contributed by atoms with E-state index in [1.54, 1.807) is 0 Å². The van der Waals surface area contributed by atoms with E-state index in [2.05, 4.69) is 10.3 Å². The Labute approximate surface area is 111 Å². The third kappa shape index (κ3) is 2.91. The first-order valence-electron chi connectivity index (χ1n) is 6.05. The number of anilines is 1. The lowest BCUT2D eigenvalue weighted by Crippen LogP contribution is -2.16. The van der Waals surface area contributed by atoms with Gasteiger partial charge in [0.15, 0.2) is 0 Å². The Bertz CT molecular complexity index is 643. The minimum absolute atomic E-state index is 0.223. The molecule has 1 heterocycles. The number of hydrogen-bond donors (Lipinski definition) is 2. The van der Waals surface area contributed by atoms with Gasteiger partial charge < -0.3 is 10.3 Å². The molecule has 0 saturated heterocycles. The molecule has 2 N–H and O–H groups in total. The summed E-state index contributed by atoms with van der Waals surface area (Å²) in [4.78, 5) is 25.5. The number of amides is 1. The maximum absolute atomic E-state index is 12.1. The largest absolute Gasteiger partial charge is 0.328 e. The fraction of sp³-hybridized carbons (Fsp3) is 0.200. The van der Waals surface area contributed by atoms with Crippen molar-refractivity contribution < 1.29 is 4.79 Å². The first kappa shape index (κ1) is 13.1. The van der Waals surface area contributed by atoms with Crippen LogP contribution in [0.25, 0.3) is 0 Å². The number of hydrogen-bond acceptors (Lipinski definition) is 2. The summed E-state index contributed by atoms with van der Waals surface area (Å²) < 4.78 is 0. The van der Waals surface area contributed by atoms with Crippen LogP contribution in [0.4, 0.5) is 5.69 Å². The van der Waals surface area contributed by atoms with Crippen LogP contribution in [0, 0.1) is 20.8 Å². The van der Waals surface area contributed by atoms with Gasteiger partial charge in [0.2, 0.25) is 5.56 Å². The van der Waals surface area contributed by atoms with Crippen molar-refractivity contribution >= 4 is 11.6 Å². The van der Waals surface area contributed by atoms with Crippen molar-refractivity contribution in [1.29, 1.82) is 0 Å². The molecule has 0 atom stereocenters. The standard InChI is InChI=1S/C15H16N2O2/c1-9-6-10(2)14(11(3)7-9)17-15(19)12-4-5-13(18)16-8-12/h4-8H,1-3H3,(H,16,18)(H,17,19). The van der Waals surface area contributed by atoms with Crippen LogP contribution >= 0.6 is 0 Å². The van der Waals surface area contributed by atoms with Gasteiger partial charge in [0.25, 0.3) is 5.91 Å². The number of H-pyrrole nitrogens is 1. The first-order valence-corrected chi connectivity index (χ1v) is 6.05. The van der Waals surface area contributed by atoms with Crippen LogP contribution in [0.5, 0.6) is 0 Å². The van der Waals surface area contributed by atoms with E-state index in [1.807, 2.05) is 32.9 Å². The monoisotopic (exact) mass is 256 g/mol. The lowest BCUT2D eigenvalue weighted by Gasteiger charge is -2.12. The van der Waals surface area contributed by atoms with Crippen molar-refractivity contribution in [1.82, 2.24) is 4.98 Å². The third-order valence-electron chi connectivity index (χ3n) is 2.96. The molecule has 0 radical (unpaired) electrons. The summed E-state index contributed by atoms with van der Waals surface area (Å²) in [6.07, 6.45) is 1.41. The number of rotatable bonds is 2. The SMILES string of the molecule is Cc1cc(C)c(NC(=O)c2ccc(=O)[nH]c2)c(C)c1. The van der Waals surface area contributed by atoms with Gasteiger partial charge in [-0.1, -0.05) is 17.7 Å². The molecule has 4 heteroatoms. The van der Waals surface area contributed by atoms with Crippen LogP contribution in [-0.2, 0) is 0 Å². The second-order valence-electron chi connectivity index (χ2n) is 4.67. The van der Waals surface area contributed by atoms with Crippen molar-refractivity contribution in [3.8, 4) is 0 Å². The molecule has 98 valence electrons. The van der Waals surface area contributed by atoms with Gasteiger partial charge in [0, 0.05) is 18.0 Å². The Morgan fingerprint density at radius 3 is 2.26 bits per heavy atom. The second kappa shape index (κ2) is 5.10. The van der Waals surface area contributed by atoms with Crippen molar-refractivity contribution in [2.75, 3.05) is 5.32 Å². The number of aryl methyl sites for hydroxylation is 3. The summed E-state index contributed by atoms with van der Waals surface area (Å²) in [6, 6.07) is 6.89. The van der Waals surface area contributed by atoms with Gasteiger partial charge in [-0.15, -0.1) is 0 Å². The molecule has 19 heavy (non-hydrogen) atoms. The first-order chi connectivity index (χ1) is 8.97. The number of benzene rings is 1. The smallest absolute Gasteiger partial charge is 0.257 e. The van der Waals surface area contributed by atoms with E-state index in [0.29, 0.717) is 5.56 Å².